The first-order valence-electron chi connectivity index (χ1n) is 2.55. The molecule has 0 bridgehead atoms. The highest BCUT2D eigenvalue weighted by Gasteiger charge is 1.87. The minimum atomic E-state index is 0.430. The quantitative estimate of drug-likeness (QED) is 0.466. The van der Waals surface area contributed by atoms with Crippen LogP contribution in [0.4, 0.5) is 0 Å². The van der Waals surface area contributed by atoms with Gasteiger partial charge in [0.2, 0.25) is 0 Å². The topological polar surface area (TPSA) is 20.2 Å². The van der Waals surface area contributed by atoms with E-state index in [0.717, 1.165) is 20.7 Å². The van der Waals surface area contributed by atoms with Crippen LogP contribution in [0.15, 0.2) is 24.3 Å². The molecule has 0 aliphatic heterocycles. The number of hydrogen-bond donors (Lipinski definition) is 1. The number of phenolic OH excluding ortho intramolecular Hbond substituents is 1. The normalized spacial score (nSPS) is 9.00. The SMILES string of the molecule is Oc1cccc[c]1[AlH2]. The lowest BCUT2D eigenvalue weighted by atomic mass is 10.3. The highest BCUT2D eigenvalue weighted by molar-refractivity contribution is 6.34. The van der Waals surface area contributed by atoms with Gasteiger partial charge in [0.15, 0.2) is 0 Å². The van der Waals surface area contributed by atoms with Gasteiger partial charge in [-0.2, -0.15) is 0 Å². The van der Waals surface area contributed by atoms with Crippen LogP contribution in [0, 0.1) is 0 Å². The van der Waals surface area contributed by atoms with Gasteiger partial charge < -0.3 is 5.11 Å². The molecule has 0 unspecified atom stereocenters. The van der Waals surface area contributed by atoms with Crippen LogP contribution in [0.3, 0.4) is 0 Å². The van der Waals surface area contributed by atoms with Gasteiger partial charge in [-0.25, -0.2) is 0 Å². The lowest BCUT2D eigenvalue weighted by Gasteiger charge is -1.92. The van der Waals surface area contributed by atoms with Gasteiger partial charge in [0.05, 0.1) is 0 Å². The van der Waals surface area contributed by atoms with E-state index in [4.69, 9.17) is 5.11 Å². The van der Waals surface area contributed by atoms with Crippen LogP contribution in [-0.2, 0) is 0 Å². The van der Waals surface area contributed by atoms with Gasteiger partial charge in [-0.05, 0) is 6.07 Å². The minimum absolute atomic E-state index is 0.430. The highest BCUT2D eigenvalue weighted by Crippen LogP contribution is 1.98. The van der Waals surface area contributed by atoms with Gasteiger partial charge in [0, 0.05) is 0 Å². The van der Waals surface area contributed by atoms with Crippen LogP contribution < -0.4 is 4.43 Å². The first-order chi connectivity index (χ1) is 3.80. The Morgan fingerprint density at radius 2 is 1.88 bits per heavy atom. The molecule has 40 valence electrons. The Morgan fingerprint density at radius 3 is 2.25 bits per heavy atom. The molecule has 1 aromatic rings. The summed E-state index contributed by atoms with van der Waals surface area (Å²) in [4.78, 5) is 0. The Hall–Kier alpha value is -0.448. The maximum atomic E-state index is 8.95. The van der Waals surface area contributed by atoms with Crippen molar-refractivity contribution in [1.82, 2.24) is 0 Å². The van der Waals surface area contributed by atoms with Crippen LogP contribution in [0.1, 0.15) is 0 Å². The van der Waals surface area contributed by atoms with E-state index < -0.39 is 0 Å². The summed E-state index contributed by atoms with van der Waals surface area (Å²) in [5, 5.41) is 8.95. The van der Waals surface area contributed by atoms with E-state index in [2.05, 4.69) is 0 Å². The molecule has 1 nitrogen and oxygen atoms in total. The van der Waals surface area contributed by atoms with E-state index in [9.17, 15) is 0 Å². The number of para-hydroxylation sites is 1. The number of aromatic hydroxyl groups is 1. The summed E-state index contributed by atoms with van der Waals surface area (Å²) >= 11 is 0.926. The monoisotopic (exact) mass is 122 g/mol. The Balaban J connectivity index is 3.13. The molecule has 1 N–H and O–H groups in total. The Kier molecular flexibility index (Phi) is 1.57. The van der Waals surface area contributed by atoms with Crippen molar-refractivity contribution >= 4 is 20.7 Å². The predicted molar refractivity (Wildman–Crippen MR) is 36.3 cm³/mol. The van der Waals surface area contributed by atoms with Crippen molar-refractivity contribution in [3.63, 3.8) is 0 Å². The van der Waals surface area contributed by atoms with Crippen LogP contribution in [-0.4, -0.2) is 21.4 Å². The van der Waals surface area contributed by atoms with Gasteiger partial charge >= 0.3 is 0 Å². The second kappa shape index (κ2) is 2.21. The number of phenols is 1. The van der Waals surface area contributed by atoms with E-state index in [1.54, 1.807) is 6.07 Å². The standard InChI is InChI=1S/C6H5O.Al.2H/c7-6-4-2-1-3-5-6;;;/h1-4,7H;;;. The van der Waals surface area contributed by atoms with Crippen molar-refractivity contribution in [3.8, 4) is 5.75 Å². The van der Waals surface area contributed by atoms with Crippen LogP contribution >= 0.6 is 0 Å². The third-order valence-electron chi connectivity index (χ3n) is 1.12. The lowest BCUT2D eigenvalue weighted by Crippen LogP contribution is -1.99. The second-order valence-electron chi connectivity index (χ2n) is 1.79. The zero-order chi connectivity index (χ0) is 5.98. The Morgan fingerprint density at radius 1 is 1.25 bits per heavy atom. The summed E-state index contributed by atoms with van der Waals surface area (Å²) in [6.45, 7) is 0. The third kappa shape index (κ3) is 1.03. The number of hydrogen-bond acceptors (Lipinski definition) is 1. The maximum Gasteiger partial charge on any atom is 0.264 e. The smallest absolute Gasteiger partial charge is 0.264 e. The minimum Gasteiger partial charge on any atom is -0.509 e. The zero-order valence-corrected chi connectivity index (χ0v) is 6.76. The molecule has 0 spiro atoms. The van der Waals surface area contributed by atoms with E-state index in [1.165, 1.54) is 0 Å². The fourth-order valence-corrected chi connectivity index (χ4v) is 0.923. The molecule has 0 amide bonds. The molecule has 8 heavy (non-hydrogen) atoms. The van der Waals surface area contributed by atoms with E-state index in [-0.39, 0.29) is 0 Å². The van der Waals surface area contributed by atoms with E-state index in [1.807, 2.05) is 18.2 Å². The zero-order valence-electron chi connectivity index (χ0n) is 4.76. The molecule has 0 aromatic heterocycles. The fourth-order valence-electron chi connectivity index (χ4n) is 0.563. The van der Waals surface area contributed by atoms with Gasteiger partial charge in [-0.1, -0.05) is 22.6 Å². The molecule has 1 rings (SSSR count). The molecule has 0 atom stereocenters. The molecule has 0 radical (unpaired) electrons. The number of rotatable bonds is 0. The van der Waals surface area contributed by atoms with Crippen LogP contribution in [0.2, 0.25) is 0 Å². The molecule has 1 aromatic carbocycles. The van der Waals surface area contributed by atoms with Crippen molar-refractivity contribution in [2.24, 2.45) is 0 Å². The van der Waals surface area contributed by atoms with Crippen molar-refractivity contribution in [2.45, 2.75) is 0 Å². The lowest BCUT2D eigenvalue weighted by molar-refractivity contribution is 0.479. The summed E-state index contributed by atoms with van der Waals surface area (Å²) < 4.78 is 1.06. The van der Waals surface area contributed by atoms with Gasteiger partial charge in [-0.3, -0.25) is 0 Å². The molecular weight excluding hydrogens is 115 g/mol. The highest BCUT2D eigenvalue weighted by atomic mass is 27.0. The molecule has 0 saturated carbocycles. The van der Waals surface area contributed by atoms with Gasteiger partial charge in [0.25, 0.3) is 16.3 Å². The van der Waals surface area contributed by atoms with Crippen molar-refractivity contribution in [3.05, 3.63) is 24.3 Å². The first-order valence-corrected chi connectivity index (χ1v) is 3.55. The molecule has 0 heterocycles. The largest absolute Gasteiger partial charge is 0.509 e. The van der Waals surface area contributed by atoms with Crippen molar-refractivity contribution in [1.29, 1.82) is 0 Å². The van der Waals surface area contributed by atoms with Gasteiger partial charge in [-0.15, -0.1) is 0 Å². The summed E-state index contributed by atoms with van der Waals surface area (Å²) in [5.74, 6) is 0.430. The summed E-state index contributed by atoms with van der Waals surface area (Å²) in [5.41, 5.74) is 0. The van der Waals surface area contributed by atoms with Gasteiger partial charge in [0.1, 0.15) is 5.75 Å². The summed E-state index contributed by atoms with van der Waals surface area (Å²) in [6, 6.07) is 7.41. The second-order valence-corrected chi connectivity index (χ2v) is 2.86. The van der Waals surface area contributed by atoms with Crippen molar-refractivity contribution in [2.75, 3.05) is 0 Å². The van der Waals surface area contributed by atoms with E-state index >= 15 is 0 Å². The summed E-state index contributed by atoms with van der Waals surface area (Å²) in [7, 11) is 0. The predicted octanol–water partition coefficient (Wildman–Crippen LogP) is -0.349. The number of benzene rings is 1. The fraction of sp³-hybridized carbons (Fsp3) is 0. The van der Waals surface area contributed by atoms with Crippen LogP contribution in [0.5, 0.6) is 5.75 Å². The Bertz CT molecular complexity index is 165. The maximum absolute atomic E-state index is 8.95. The third-order valence-corrected chi connectivity index (χ3v) is 1.96. The van der Waals surface area contributed by atoms with Crippen LogP contribution in [0.25, 0.3) is 0 Å². The summed E-state index contributed by atoms with van der Waals surface area (Å²) in [6.07, 6.45) is 0. The molecule has 0 fully saturated rings. The molecule has 0 aliphatic rings. The Labute approximate surface area is 56.4 Å². The molecular formula is C6H7AlO. The average molecular weight is 122 g/mol. The first kappa shape index (κ1) is 5.68. The average Bonchev–Trinajstić information content (AvgIpc) is 1.77. The van der Waals surface area contributed by atoms with E-state index in [0.29, 0.717) is 5.75 Å². The molecule has 0 saturated heterocycles. The molecule has 2 heteroatoms. The van der Waals surface area contributed by atoms with Crippen molar-refractivity contribution < 1.29 is 5.11 Å². The molecule has 0 aliphatic carbocycles.